The van der Waals surface area contributed by atoms with Crippen molar-refractivity contribution in [3.8, 4) is 5.75 Å². The number of ether oxygens (including phenoxy) is 1. The Balaban J connectivity index is 2.22. The summed E-state index contributed by atoms with van der Waals surface area (Å²) in [6, 6.07) is 8.96. The molecular formula is C16H12Cl2N2O4. The van der Waals surface area contributed by atoms with Crippen molar-refractivity contribution in [3.05, 3.63) is 68.2 Å². The van der Waals surface area contributed by atoms with Crippen molar-refractivity contribution in [2.24, 2.45) is 0 Å². The second kappa shape index (κ2) is 7.81. The monoisotopic (exact) mass is 366 g/mol. The summed E-state index contributed by atoms with van der Waals surface area (Å²) in [5.74, 6) is -0.168. The lowest BCUT2D eigenvalue weighted by Gasteiger charge is -2.08. The average Bonchev–Trinajstić information content (AvgIpc) is 2.52. The minimum absolute atomic E-state index is 0.105. The maximum Gasteiger partial charge on any atom is 0.292 e. The number of nitro groups is 1. The number of methoxy groups -OCH3 is 1. The van der Waals surface area contributed by atoms with E-state index >= 15 is 0 Å². The van der Waals surface area contributed by atoms with Gasteiger partial charge in [-0.1, -0.05) is 35.3 Å². The molecule has 0 bridgehead atoms. The number of nitro benzene ring substituents is 1. The maximum atomic E-state index is 12.0. The Morgan fingerprint density at radius 2 is 2.00 bits per heavy atom. The first-order valence-corrected chi connectivity index (χ1v) is 7.43. The van der Waals surface area contributed by atoms with Crippen LogP contribution in [0.15, 0.2) is 42.5 Å². The third-order valence-corrected chi connectivity index (χ3v) is 3.51. The van der Waals surface area contributed by atoms with E-state index in [1.807, 2.05) is 0 Å². The molecule has 0 atom stereocenters. The van der Waals surface area contributed by atoms with Crippen LogP contribution in [0.4, 0.5) is 11.4 Å². The minimum Gasteiger partial charge on any atom is -0.495 e. The molecule has 0 saturated heterocycles. The van der Waals surface area contributed by atoms with Gasteiger partial charge in [0.15, 0.2) is 0 Å². The molecule has 0 aromatic heterocycles. The zero-order valence-electron chi connectivity index (χ0n) is 12.5. The fraction of sp³-hybridized carbons (Fsp3) is 0.0625. The van der Waals surface area contributed by atoms with E-state index in [4.69, 9.17) is 27.9 Å². The van der Waals surface area contributed by atoms with Crippen molar-refractivity contribution in [1.29, 1.82) is 0 Å². The lowest BCUT2D eigenvalue weighted by molar-refractivity contribution is -0.383. The number of nitrogens with zero attached hydrogens (tertiary/aromatic N) is 1. The number of rotatable bonds is 5. The third-order valence-electron chi connectivity index (χ3n) is 3.01. The molecule has 2 aromatic carbocycles. The van der Waals surface area contributed by atoms with Crippen LogP contribution in [0.25, 0.3) is 6.08 Å². The molecule has 6 nitrogen and oxygen atoms in total. The molecule has 0 aliphatic carbocycles. The molecule has 0 spiro atoms. The van der Waals surface area contributed by atoms with Crippen molar-refractivity contribution in [1.82, 2.24) is 0 Å². The molecule has 2 aromatic rings. The van der Waals surface area contributed by atoms with Crippen molar-refractivity contribution < 1.29 is 14.5 Å². The topological polar surface area (TPSA) is 81.5 Å². The van der Waals surface area contributed by atoms with Crippen LogP contribution in [0.2, 0.25) is 10.0 Å². The normalized spacial score (nSPS) is 10.6. The van der Waals surface area contributed by atoms with Gasteiger partial charge in [0, 0.05) is 22.7 Å². The molecule has 0 heterocycles. The number of hydrogen-bond donors (Lipinski definition) is 1. The maximum absolute atomic E-state index is 12.0. The van der Waals surface area contributed by atoms with Gasteiger partial charge in [-0.2, -0.15) is 0 Å². The van der Waals surface area contributed by atoms with Crippen molar-refractivity contribution in [2.45, 2.75) is 0 Å². The lowest BCUT2D eigenvalue weighted by atomic mass is 10.2. The molecule has 8 heteroatoms. The van der Waals surface area contributed by atoms with Crippen LogP contribution in [0.5, 0.6) is 5.75 Å². The smallest absolute Gasteiger partial charge is 0.292 e. The number of anilines is 1. The van der Waals surface area contributed by atoms with Gasteiger partial charge in [0.1, 0.15) is 11.4 Å². The van der Waals surface area contributed by atoms with Gasteiger partial charge < -0.3 is 10.1 Å². The summed E-state index contributed by atoms with van der Waals surface area (Å²) < 4.78 is 5.17. The summed E-state index contributed by atoms with van der Waals surface area (Å²) >= 11 is 11.9. The molecule has 0 unspecified atom stereocenters. The quantitative estimate of drug-likeness (QED) is 0.477. The van der Waals surface area contributed by atoms with Gasteiger partial charge in [0.25, 0.3) is 5.69 Å². The van der Waals surface area contributed by atoms with E-state index in [1.54, 1.807) is 12.1 Å². The average molecular weight is 367 g/mol. The van der Waals surface area contributed by atoms with Gasteiger partial charge in [0.2, 0.25) is 5.91 Å². The van der Waals surface area contributed by atoms with E-state index in [2.05, 4.69) is 5.32 Å². The standard InChI is InChI=1S/C16H12Cl2N2O4/c1-24-16-10(8-11(17)9-12(16)18)6-7-15(21)19-13-4-2-3-5-14(13)20(22)23/h2-9H,1H3,(H,19,21). The molecular weight excluding hydrogens is 355 g/mol. The number of halogens is 2. The van der Waals surface area contributed by atoms with E-state index in [0.29, 0.717) is 21.4 Å². The Kier molecular flexibility index (Phi) is 5.78. The van der Waals surface area contributed by atoms with Crippen molar-refractivity contribution >= 4 is 46.6 Å². The van der Waals surface area contributed by atoms with Gasteiger partial charge in [-0.3, -0.25) is 14.9 Å². The van der Waals surface area contributed by atoms with Gasteiger partial charge in [-0.25, -0.2) is 0 Å². The molecule has 124 valence electrons. The number of benzene rings is 2. The molecule has 1 amide bonds. The van der Waals surface area contributed by atoms with Crippen molar-refractivity contribution in [2.75, 3.05) is 12.4 Å². The van der Waals surface area contributed by atoms with E-state index in [9.17, 15) is 14.9 Å². The predicted octanol–water partition coefficient (Wildman–Crippen LogP) is 4.56. The van der Waals surface area contributed by atoms with E-state index in [1.165, 1.54) is 43.5 Å². The molecule has 0 saturated carbocycles. The first-order chi connectivity index (χ1) is 11.4. The second-order valence-electron chi connectivity index (χ2n) is 4.61. The Morgan fingerprint density at radius 3 is 2.67 bits per heavy atom. The summed E-state index contributed by atoms with van der Waals surface area (Å²) in [6.07, 6.45) is 2.67. The highest BCUT2D eigenvalue weighted by atomic mass is 35.5. The zero-order valence-corrected chi connectivity index (χ0v) is 14.0. The van der Waals surface area contributed by atoms with Gasteiger partial charge in [0.05, 0.1) is 17.1 Å². The largest absolute Gasteiger partial charge is 0.495 e. The third kappa shape index (κ3) is 4.24. The summed E-state index contributed by atoms with van der Waals surface area (Å²) in [6.45, 7) is 0. The molecule has 24 heavy (non-hydrogen) atoms. The Bertz CT molecular complexity index is 822. The highest BCUT2D eigenvalue weighted by Crippen LogP contribution is 2.33. The van der Waals surface area contributed by atoms with Crippen LogP contribution >= 0.6 is 23.2 Å². The zero-order chi connectivity index (χ0) is 17.7. The van der Waals surface area contributed by atoms with Gasteiger partial charge >= 0.3 is 0 Å². The summed E-state index contributed by atoms with van der Waals surface area (Å²) in [5.41, 5.74) is 0.420. The number of para-hydroxylation sites is 2. The fourth-order valence-electron chi connectivity index (χ4n) is 2.00. The van der Waals surface area contributed by atoms with E-state index < -0.39 is 10.8 Å². The predicted molar refractivity (Wildman–Crippen MR) is 93.8 cm³/mol. The molecule has 0 radical (unpaired) electrons. The molecule has 0 aliphatic rings. The number of amides is 1. The molecule has 0 fully saturated rings. The molecule has 2 rings (SSSR count). The van der Waals surface area contributed by atoms with E-state index in [0.717, 1.165) is 0 Å². The number of nitrogens with one attached hydrogen (secondary N) is 1. The van der Waals surface area contributed by atoms with E-state index in [-0.39, 0.29) is 11.4 Å². The van der Waals surface area contributed by atoms with Crippen LogP contribution in [0.1, 0.15) is 5.56 Å². The summed E-state index contributed by atoms with van der Waals surface area (Å²) in [7, 11) is 1.44. The number of carbonyl (C=O) groups excluding carboxylic acids is 1. The van der Waals surface area contributed by atoms with Crippen LogP contribution in [0, 0.1) is 10.1 Å². The number of hydrogen-bond acceptors (Lipinski definition) is 4. The van der Waals surface area contributed by atoms with Crippen LogP contribution < -0.4 is 10.1 Å². The SMILES string of the molecule is COc1c(Cl)cc(Cl)cc1C=CC(=O)Nc1ccccc1[N+](=O)[O-]. The van der Waals surface area contributed by atoms with Crippen LogP contribution in [-0.2, 0) is 4.79 Å². The first-order valence-electron chi connectivity index (χ1n) is 6.68. The highest BCUT2D eigenvalue weighted by molar-refractivity contribution is 6.36. The van der Waals surface area contributed by atoms with Crippen LogP contribution in [-0.4, -0.2) is 17.9 Å². The summed E-state index contributed by atoms with van der Waals surface area (Å²) in [5, 5.41) is 14.1. The van der Waals surface area contributed by atoms with Crippen LogP contribution in [0.3, 0.4) is 0 Å². The molecule has 1 N–H and O–H groups in total. The Labute approximate surface area is 147 Å². The summed E-state index contributed by atoms with van der Waals surface area (Å²) in [4.78, 5) is 22.4. The lowest BCUT2D eigenvalue weighted by Crippen LogP contribution is -2.09. The second-order valence-corrected chi connectivity index (χ2v) is 5.45. The minimum atomic E-state index is -0.570. The van der Waals surface area contributed by atoms with Gasteiger partial charge in [-0.05, 0) is 24.3 Å². The Morgan fingerprint density at radius 1 is 1.29 bits per heavy atom. The number of carbonyl (C=O) groups is 1. The highest BCUT2D eigenvalue weighted by Gasteiger charge is 2.14. The van der Waals surface area contributed by atoms with Crippen molar-refractivity contribution in [3.63, 3.8) is 0 Å². The fourth-order valence-corrected chi connectivity index (χ4v) is 2.58. The Hall–Kier alpha value is -2.57. The van der Waals surface area contributed by atoms with Gasteiger partial charge in [-0.15, -0.1) is 0 Å². The molecule has 0 aliphatic heterocycles. The first kappa shape index (κ1) is 17.8.